The zero-order chi connectivity index (χ0) is 19.2. The van der Waals surface area contributed by atoms with Gasteiger partial charge in [-0.3, -0.25) is 0 Å². The van der Waals surface area contributed by atoms with Gasteiger partial charge in [-0.15, -0.1) is 23.1 Å². The van der Waals surface area contributed by atoms with Crippen molar-refractivity contribution in [2.24, 2.45) is 7.05 Å². The van der Waals surface area contributed by atoms with Crippen molar-refractivity contribution in [3.05, 3.63) is 59.7 Å². The Labute approximate surface area is 166 Å². The van der Waals surface area contributed by atoms with Gasteiger partial charge in [-0.05, 0) is 47.9 Å². The standard InChI is InChI=1S/C20H18N2O2S3/c1-13-6-4-5-7-15(13)16-10-14(11-17-19(16)21-12-22(17)2)27(23,24)18-8-9-26-20(18)25-3/h4-12H,1-3H3. The smallest absolute Gasteiger partial charge is 0.208 e. The normalized spacial score (nSPS) is 12.0. The first-order chi connectivity index (χ1) is 12.9. The van der Waals surface area contributed by atoms with Crippen LogP contribution >= 0.6 is 23.1 Å². The van der Waals surface area contributed by atoms with Crippen LogP contribution in [0.1, 0.15) is 5.56 Å². The topological polar surface area (TPSA) is 52.0 Å². The lowest BCUT2D eigenvalue weighted by Crippen LogP contribution is -2.03. The van der Waals surface area contributed by atoms with Crippen LogP contribution in [0.5, 0.6) is 0 Å². The zero-order valence-corrected chi connectivity index (χ0v) is 17.6. The molecule has 2 heterocycles. The maximum Gasteiger partial charge on any atom is 0.208 e. The molecule has 0 radical (unpaired) electrons. The molecular weight excluding hydrogens is 396 g/mol. The van der Waals surface area contributed by atoms with E-state index in [9.17, 15) is 8.42 Å². The van der Waals surface area contributed by atoms with E-state index in [0.29, 0.717) is 9.79 Å². The second kappa shape index (κ2) is 6.82. The predicted octanol–water partition coefficient (Wildman–Crippen LogP) is 5.16. The molecule has 0 amide bonds. The van der Waals surface area contributed by atoms with Gasteiger partial charge < -0.3 is 4.57 Å². The van der Waals surface area contributed by atoms with Crippen molar-refractivity contribution < 1.29 is 8.42 Å². The molecule has 0 spiro atoms. The third-order valence-corrected chi connectivity index (χ3v) is 8.74. The van der Waals surface area contributed by atoms with Gasteiger partial charge in [0.25, 0.3) is 0 Å². The number of benzene rings is 2. The Morgan fingerprint density at radius 1 is 1.11 bits per heavy atom. The number of sulfone groups is 1. The highest BCUT2D eigenvalue weighted by Crippen LogP contribution is 2.38. The van der Waals surface area contributed by atoms with Gasteiger partial charge >= 0.3 is 0 Å². The summed E-state index contributed by atoms with van der Waals surface area (Å²) in [6.07, 6.45) is 3.62. The molecule has 7 heteroatoms. The van der Waals surface area contributed by atoms with E-state index in [4.69, 9.17) is 0 Å². The molecule has 0 unspecified atom stereocenters. The minimum atomic E-state index is -3.62. The molecule has 4 rings (SSSR count). The van der Waals surface area contributed by atoms with Crippen LogP contribution in [-0.4, -0.2) is 24.2 Å². The Kier molecular flexibility index (Phi) is 4.61. The first-order valence-electron chi connectivity index (χ1n) is 8.31. The highest BCUT2D eigenvalue weighted by molar-refractivity contribution is 8.01. The van der Waals surface area contributed by atoms with Crippen molar-refractivity contribution >= 4 is 44.0 Å². The number of rotatable bonds is 4. The second-order valence-electron chi connectivity index (χ2n) is 6.29. The van der Waals surface area contributed by atoms with Gasteiger partial charge in [0, 0.05) is 12.6 Å². The number of hydrogen-bond donors (Lipinski definition) is 0. The average molecular weight is 415 g/mol. The van der Waals surface area contributed by atoms with Crippen molar-refractivity contribution in [3.8, 4) is 11.1 Å². The summed E-state index contributed by atoms with van der Waals surface area (Å²) in [7, 11) is -1.74. The fourth-order valence-electron chi connectivity index (χ4n) is 3.20. The Morgan fingerprint density at radius 2 is 1.89 bits per heavy atom. The maximum atomic E-state index is 13.4. The summed E-state index contributed by atoms with van der Waals surface area (Å²) in [6, 6.07) is 13.1. The van der Waals surface area contributed by atoms with Crippen molar-refractivity contribution in [1.29, 1.82) is 0 Å². The van der Waals surface area contributed by atoms with Crippen molar-refractivity contribution in [1.82, 2.24) is 9.55 Å². The van der Waals surface area contributed by atoms with Crippen LogP contribution in [0.25, 0.3) is 22.2 Å². The number of nitrogens with zero attached hydrogens (tertiary/aromatic N) is 2. The van der Waals surface area contributed by atoms with Gasteiger partial charge in [-0.25, -0.2) is 13.4 Å². The minimum absolute atomic E-state index is 0.297. The number of fused-ring (bicyclic) bond motifs is 1. The number of thioether (sulfide) groups is 1. The summed E-state index contributed by atoms with van der Waals surface area (Å²) < 4.78 is 29.4. The molecule has 27 heavy (non-hydrogen) atoms. The average Bonchev–Trinajstić information content (AvgIpc) is 3.29. The van der Waals surface area contributed by atoms with Gasteiger partial charge in [0.05, 0.1) is 31.4 Å². The number of imidazole rings is 1. The van der Waals surface area contributed by atoms with Crippen molar-refractivity contribution in [3.63, 3.8) is 0 Å². The monoisotopic (exact) mass is 414 g/mol. The van der Waals surface area contributed by atoms with E-state index in [0.717, 1.165) is 31.9 Å². The molecule has 0 aliphatic carbocycles. The lowest BCUT2D eigenvalue weighted by atomic mass is 9.99. The van der Waals surface area contributed by atoms with Crippen LogP contribution in [-0.2, 0) is 16.9 Å². The predicted molar refractivity (Wildman–Crippen MR) is 112 cm³/mol. The molecule has 0 atom stereocenters. The van der Waals surface area contributed by atoms with E-state index in [2.05, 4.69) is 4.98 Å². The number of hydrogen-bond acceptors (Lipinski definition) is 5. The van der Waals surface area contributed by atoms with Crippen LogP contribution in [0.15, 0.2) is 68.2 Å². The van der Waals surface area contributed by atoms with Crippen molar-refractivity contribution in [2.75, 3.05) is 6.26 Å². The van der Waals surface area contributed by atoms with E-state index in [1.54, 1.807) is 24.5 Å². The summed E-state index contributed by atoms with van der Waals surface area (Å²) >= 11 is 2.91. The summed E-state index contributed by atoms with van der Waals surface area (Å²) in [4.78, 5) is 5.19. The third kappa shape index (κ3) is 2.99. The fraction of sp³-hybridized carbons (Fsp3) is 0.150. The molecule has 4 nitrogen and oxygen atoms in total. The van der Waals surface area contributed by atoms with E-state index in [-0.39, 0.29) is 0 Å². The first kappa shape index (κ1) is 18.3. The van der Waals surface area contributed by atoms with E-state index in [1.165, 1.54) is 23.1 Å². The second-order valence-corrected chi connectivity index (χ2v) is 10.2. The zero-order valence-electron chi connectivity index (χ0n) is 15.1. The lowest BCUT2D eigenvalue weighted by Gasteiger charge is -2.11. The fourth-order valence-corrected chi connectivity index (χ4v) is 6.93. The number of aryl methyl sites for hydroxylation is 2. The molecule has 2 aromatic carbocycles. The summed E-state index contributed by atoms with van der Waals surface area (Å²) in [6.45, 7) is 2.02. The molecule has 4 aromatic rings. The third-order valence-electron chi connectivity index (χ3n) is 4.62. The number of thiophene rings is 1. The summed E-state index contributed by atoms with van der Waals surface area (Å²) in [5, 5.41) is 1.82. The van der Waals surface area contributed by atoms with Crippen LogP contribution < -0.4 is 0 Å². The van der Waals surface area contributed by atoms with Gasteiger partial charge in [-0.2, -0.15) is 0 Å². The Bertz CT molecular complexity index is 1250. The van der Waals surface area contributed by atoms with E-state index < -0.39 is 9.84 Å². The van der Waals surface area contributed by atoms with Crippen LogP contribution in [0, 0.1) is 6.92 Å². The SMILES string of the molecule is CSc1sccc1S(=O)(=O)c1cc(-c2ccccc2C)c2ncn(C)c2c1. The summed E-state index contributed by atoms with van der Waals surface area (Å²) in [5.74, 6) is 0. The quantitative estimate of drug-likeness (QED) is 0.433. The van der Waals surface area contributed by atoms with Gasteiger partial charge in [0.1, 0.15) is 0 Å². The van der Waals surface area contributed by atoms with Crippen molar-refractivity contribution in [2.45, 2.75) is 20.9 Å². The summed E-state index contributed by atoms with van der Waals surface area (Å²) in [5.41, 5.74) is 4.52. The molecule has 0 fully saturated rings. The van der Waals surface area contributed by atoms with Crippen LogP contribution in [0.2, 0.25) is 0 Å². The molecule has 2 aromatic heterocycles. The van der Waals surface area contributed by atoms with Gasteiger partial charge in [0.2, 0.25) is 9.84 Å². The largest absolute Gasteiger partial charge is 0.334 e. The highest BCUT2D eigenvalue weighted by Gasteiger charge is 2.25. The maximum absolute atomic E-state index is 13.4. The Hall–Kier alpha value is -2.09. The molecular formula is C20H18N2O2S3. The Balaban J connectivity index is 2.04. The molecule has 0 saturated carbocycles. The molecule has 0 aliphatic heterocycles. The number of aromatic nitrogens is 2. The highest BCUT2D eigenvalue weighted by atomic mass is 32.2. The molecule has 0 saturated heterocycles. The minimum Gasteiger partial charge on any atom is -0.334 e. The van der Waals surface area contributed by atoms with Crippen LogP contribution in [0.4, 0.5) is 0 Å². The molecule has 138 valence electrons. The van der Waals surface area contributed by atoms with E-state index >= 15 is 0 Å². The Morgan fingerprint density at radius 3 is 2.63 bits per heavy atom. The van der Waals surface area contributed by atoms with E-state index in [1.807, 2.05) is 54.4 Å². The molecule has 0 aliphatic rings. The van der Waals surface area contributed by atoms with Crippen LogP contribution in [0.3, 0.4) is 0 Å². The molecule has 0 N–H and O–H groups in total. The first-order valence-corrected chi connectivity index (χ1v) is 11.9. The molecule has 0 bridgehead atoms. The van der Waals surface area contributed by atoms with Gasteiger partial charge in [0.15, 0.2) is 0 Å². The lowest BCUT2D eigenvalue weighted by molar-refractivity contribution is 0.595. The van der Waals surface area contributed by atoms with Gasteiger partial charge in [-0.1, -0.05) is 24.3 Å².